The lowest BCUT2D eigenvalue weighted by molar-refractivity contribution is 0.0939. The summed E-state index contributed by atoms with van der Waals surface area (Å²) in [6, 6.07) is 0.00506. The van der Waals surface area contributed by atoms with E-state index in [4.69, 9.17) is 20.8 Å². The molecule has 148 valence electrons. The number of amides is 1. The molecule has 1 atom stereocenters. The highest BCUT2D eigenvalue weighted by Crippen LogP contribution is 2.37. The fourth-order valence-electron chi connectivity index (χ4n) is 2.93. The van der Waals surface area contributed by atoms with E-state index >= 15 is 0 Å². The van der Waals surface area contributed by atoms with Gasteiger partial charge in [0.1, 0.15) is 15.0 Å². The Labute approximate surface area is 168 Å². The second-order valence-corrected chi connectivity index (χ2v) is 7.56. The minimum absolute atomic E-state index is 0.0435. The molecule has 0 bridgehead atoms. The Morgan fingerprint density at radius 1 is 1.41 bits per heavy atom. The maximum Gasteiger partial charge on any atom is 0.409 e. The largest absolute Gasteiger partial charge is 0.449 e. The van der Waals surface area contributed by atoms with E-state index in [1.165, 1.54) is 0 Å². The van der Waals surface area contributed by atoms with Crippen LogP contribution in [0.2, 0.25) is 5.02 Å². The molecule has 0 aliphatic carbocycles. The molecule has 2 heterocycles. The van der Waals surface area contributed by atoms with E-state index in [1.807, 2.05) is 13.8 Å². The number of oxazole rings is 1. The van der Waals surface area contributed by atoms with Crippen LogP contribution in [0.5, 0.6) is 0 Å². The van der Waals surface area contributed by atoms with Crippen molar-refractivity contribution in [3.05, 3.63) is 21.1 Å². The fraction of sp³-hybridized carbons (Fsp3) is 0.529. The van der Waals surface area contributed by atoms with E-state index in [-0.39, 0.29) is 33.7 Å². The number of aromatic nitrogens is 1. The van der Waals surface area contributed by atoms with Gasteiger partial charge in [0.25, 0.3) is 6.01 Å². The smallest absolute Gasteiger partial charge is 0.409 e. The molecule has 1 aromatic heterocycles. The van der Waals surface area contributed by atoms with Crippen LogP contribution in [-0.2, 0) is 4.74 Å². The highest BCUT2D eigenvalue weighted by Gasteiger charge is 2.32. The second-order valence-electron chi connectivity index (χ2n) is 6.39. The van der Waals surface area contributed by atoms with Gasteiger partial charge in [0, 0.05) is 25.7 Å². The van der Waals surface area contributed by atoms with Crippen LogP contribution in [0.25, 0.3) is 11.1 Å². The molecule has 1 fully saturated rings. The number of benzene rings is 1. The van der Waals surface area contributed by atoms with Gasteiger partial charge in [-0.2, -0.15) is 4.98 Å². The quantitative estimate of drug-likeness (QED) is 0.362. The van der Waals surface area contributed by atoms with Crippen LogP contribution in [0, 0.1) is 11.6 Å². The van der Waals surface area contributed by atoms with Gasteiger partial charge in [0.2, 0.25) is 0 Å². The first-order valence-electron chi connectivity index (χ1n) is 8.66. The van der Waals surface area contributed by atoms with Crippen molar-refractivity contribution in [3.8, 4) is 0 Å². The molecule has 0 radical (unpaired) electrons. The first-order valence-corrected chi connectivity index (χ1v) is 9.83. The Morgan fingerprint density at radius 2 is 2.15 bits per heavy atom. The number of fused-ring (bicyclic) bond motifs is 1. The van der Waals surface area contributed by atoms with Crippen molar-refractivity contribution in [2.45, 2.75) is 32.7 Å². The zero-order valence-corrected chi connectivity index (χ0v) is 17.2. The van der Waals surface area contributed by atoms with Crippen molar-refractivity contribution < 1.29 is 22.7 Å². The Balaban J connectivity index is 1.78. The van der Waals surface area contributed by atoms with E-state index < -0.39 is 16.7 Å². The summed E-state index contributed by atoms with van der Waals surface area (Å²) in [4.78, 5) is 19.7. The number of carbonyl (C=O) groups excluding carboxylic acids is 1. The molecular weight excluding hydrogens is 448 g/mol. The van der Waals surface area contributed by atoms with E-state index in [2.05, 4.69) is 20.9 Å². The van der Waals surface area contributed by atoms with Gasteiger partial charge in [-0.1, -0.05) is 24.9 Å². The number of hydrogen-bond acceptors (Lipinski definition) is 5. The summed E-state index contributed by atoms with van der Waals surface area (Å²) >= 11 is 8.69. The zero-order valence-electron chi connectivity index (χ0n) is 14.9. The third kappa shape index (κ3) is 3.85. The molecule has 1 unspecified atom stereocenters. The number of hydrogen-bond donors (Lipinski definition) is 0. The molecule has 1 aliphatic heterocycles. The summed E-state index contributed by atoms with van der Waals surface area (Å²) in [7, 11) is 0. The number of rotatable bonds is 4. The van der Waals surface area contributed by atoms with Crippen LogP contribution in [0.1, 0.15) is 26.7 Å². The summed E-state index contributed by atoms with van der Waals surface area (Å²) in [6.07, 6.45) is 1.42. The monoisotopic (exact) mass is 465 g/mol. The number of ether oxygens (including phenoxy) is 1. The predicted octanol–water partition coefficient (Wildman–Crippen LogP) is 4.97. The molecular formula is C17H19BrClF2N3O3. The molecule has 3 rings (SSSR count). The fourth-order valence-corrected chi connectivity index (χ4v) is 3.69. The number of halogens is 4. The Hall–Kier alpha value is -1.61. The summed E-state index contributed by atoms with van der Waals surface area (Å²) in [6.45, 7) is 5.55. The highest BCUT2D eigenvalue weighted by atomic mass is 79.9. The normalized spacial score (nSPS) is 17.6. The molecule has 6 nitrogen and oxygen atoms in total. The van der Waals surface area contributed by atoms with Gasteiger partial charge in [-0.3, -0.25) is 0 Å². The molecule has 0 N–H and O–H groups in total. The first-order chi connectivity index (χ1) is 12.8. The molecule has 27 heavy (non-hydrogen) atoms. The zero-order chi connectivity index (χ0) is 19.7. The molecule has 2 aromatic rings. The first kappa shape index (κ1) is 20.1. The topological polar surface area (TPSA) is 58.8 Å². The van der Waals surface area contributed by atoms with E-state index in [0.717, 1.165) is 12.8 Å². The Bertz CT molecular complexity index is 819. The van der Waals surface area contributed by atoms with Gasteiger partial charge in [0.05, 0.1) is 6.61 Å². The van der Waals surface area contributed by atoms with E-state index in [9.17, 15) is 13.6 Å². The number of anilines is 1. The van der Waals surface area contributed by atoms with Crippen LogP contribution in [-0.4, -0.2) is 48.3 Å². The van der Waals surface area contributed by atoms with Crippen molar-refractivity contribution in [1.29, 1.82) is 0 Å². The number of carbonyl (C=O) groups is 1. The van der Waals surface area contributed by atoms with Crippen LogP contribution < -0.4 is 4.90 Å². The minimum Gasteiger partial charge on any atom is -0.449 e. The number of piperazine rings is 1. The van der Waals surface area contributed by atoms with Gasteiger partial charge < -0.3 is 19.0 Å². The standard InChI is InChI=1S/C17H19BrClF2N3O3/c1-3-4-7-26-17(25)23-5-6-24(9(2)8-23)16-22-14-13(21)11(19)12(20)10(18)15(14)27-16/h9H,3-8H2,1-2H3. The van der Waals surface area contributed by atoms with Crippen LogP contribution in [0.15, 0.2) is 8.89 Å². The van der Waals surface area contributed by atoms with E-state index in [0.29, 0.717) is 26.2 Å². The third-order valence-corrected chi connectivity index (χ3v) is 5.50. The van der Waals surface area contributed by atoms with Gasteiger partial charge >= 0.3 is 6.09 Å². The second kappa shape index (κ2) is 8.18. The average molecular weight is 467 g/mol. The lowest BCUT2D eigenvalue weighted by atomic mass is 10.2. The van der Waals surface area contributed by atoms with Crippen molar-refractivity contribution in [3.63, 3.8) is 0 Å². The van der Waals surface area contributed by atoms with Gasteiger partial charge in [0.15, 0.2) is 17.2 Å². The molecule has 1 saturated heterocycles. The summed E-state index contributed by atoms with van der Waals surface area (Å²) in [5.41, 5.74) is -0.185. The average Bonchev–Trinajstić information content (AvgIpc) is 3.10. The number of unbranched alkanes of at least 4 members (excludes halogenated alkanes) is 1. The van der Waals surface area contributed by atoms with Crippen molar-refractivity contribution in [1.82, 2.24) is 9.88 Å². The Morgan fingerprint density at radius 3 is 2.81 bits per heavy atom. The van der Waals surface area contributed by atoms with Crippen LogP contribution >= 0.6 is 27.5 Å². The Kier molecular flexibility index (Phi) is 6.10. The third-order valence-electron chi connectivity index (χ3n) is 4.46. The van der Waals surface area contributed by atoms with Crippen LogP contribution in [0.4, 0.5) is 19.6 Å². The maximum absolute atomic E-state index is 14.2. The minimum atomic E-state index is -0.965. The van der Waals surface area contributed by atoms with Crippen molar-refractivity contribution in [2.24, 2.45) is 0 Å². The lowest BCUT2D eigenvalue weighted by Crippen LogP contribution is -2.54. The molecule has 0 spiro atoms. The van der Waals surface area contributed by atoms with Crippen LogP contribution in [0.3, 0.4) is 0 Å². The van der Waals surface area contributed by atoms with Gasteiger partial charge in [-0.15, -0.1) is 0 Å². The SMILES string of the molecule is CCCCOC(=O)N1CCN(c2nc3c(F)c(Cl)c(F)c(Br)c3o2)C(C)C1. The van der Waals surface area contributed by atoms with E-state index in [1.54, 1.807) is 9.80 Å². The van der Waals surface area contributed by atoms with Gasteiger partial charge in [-0.05, 0) is 29.3 Å². The lowest BCUT2D eigenvalue weighted by Gasteiger charge is -2.38. The molecule has 0 saturated carbocycles. The number of nitrogens with zero attached hydrogens (tertiary/aromatic N) is 3. The molecule has 1 aliphatic rings. The van der Waals surface area contributed by atoms with Crippen molar-refractivity contribution in [2.75, 3.05) is 31.1 Å². The maximum atomic E-state index is 14.2. The molecule has 1 amide bonds. The summed E-state index contributed by atoms with van der Waals surface area (Å²) in [5, 5.41) is -0.637. The van der Waals surface area contributed by atoms with Gasteiger partial charge in [-0.25, -0.2) is 13.6 Å². The van der Waals surface area contributed by atoms with Crippen molar-refractivity contribution >= 4 is 50.7 Å². The summed E-state index contributed by atoms with van der Waals surface area (Å²) in [5.74, 6) is -1.90. The predicted molar refractivity (Wildman–Crippen MR) is 101 cm³/mol. The summed E-state index contributed by atoms with van der Waals surface area (Å²) < 4.78 is 38.9. The molecule has 10 heteroatoms. The molecule has 1 aromatic carbocycles. The highest BCUT2D eigenvalue weighted by molar-refractivity contribution is 9.10.